The van der Waals surface area contributed by atoms with E-state index in [2.05, 4.69) is 0 Å². The maximum absolute atomic E-state index is 13.4. The molecule has 1 saturated heterocycles. The maximum atomic E-state index is 13.4. The topological polar surface area (TPSA) is 54.5 Å². The van der Waals surface area contributed by atoms with E-state index in [4.69, 9.17) is 11.6 Å². The average Bonchev–Trinajstić information content (AvgIpc) is 3.07. The SMILES string of the molecule is CCCCN(C(=O)c1sc2cc(F)ccc2c1Cl)C1CCS(=O)(=O)C1. The van der Waals surface area contributed by atoms with Crippen molar-refractivity contribution >= 4 is 48.8 Å². The molecule has 0 radical (unpaired) electrons. The number of benzene rings is 1. The van der Waals surface area contributed by atoms with Gasteiger partial charge in [0.15, 0.2) is 9.84 Å². The zero-order chi connectivity index (χ0) is 18.2. The number of carbonyl (C=O) groups excluding carboxylic acids is 1. The number of hydrogen-bond acceptors (Lipinski definition) is 4. The third-order valence-corrected chi connectivity index (χ3v) is 7.84. The molecule has 25 heavy (non-hydrogen) atoms. The molecule has 0 bridgehead atoms. The van der Waals surface area contributed by atoms with Gasteiger partial charge in [0.05, 0.1) is 16.5 Å². The first kappa shape index (κ1) is 18.6. The number of nitrogens with zero attached hydrogens (tertiary/aromatic N) is 1. The van der Waals surface area contributed by atoms with Gasteiger partial charge in [-0.15, -0.1) is 11.3 Å². The van der Waals surface area contributed by atoms with E-state index in [-0.39, 0.29) is 29.3 Å². The zero-order valence-electron chi connectivity index (χ0n) is 13.8. The van der Waals surface area contributed by atoms with E-state index in [0.717, 1.165) is 24.2 Å². The third kappa shape index (κ3) is 3.83. The molecule has 0 spiro atoms. The van der Waals surface area contributed by atoms with Crippen LogP contribution in [0.1, 0.15) is 35.9 Å². The molecule has 0 N–H and O–H groups in total. The molecule has 136 valence electrons. The first-order valence-corrected chi connectivity index (χ1v) is 11.2. The molecule has 0 saturated carbocycles. The average molecular weight is 404 g/mol. The number of unbranched alkanes of at least 4 members (excludes halogenated alkanes) is 1. The molecule has 3 rings (SSSR count). The minimum Gasteiger partial charge on any atom is -0.334 e. The van der Waals surface area contributed by atoms with Crippen molar-refractivity contribution in [2.75, 3.05) is 18.1 Å². The molecule has 1 unspecified atom stereocenters. The Bertz CT molecular complexity index is 910. The van der Waals surface area contributed by atoms with Gasteiger partial charge in [0.1, 0.15) is 10.7 Å². The summed E-state index contributed by atoms with van der Waals surface area (Å²) in [6.07, 6.45) is 2.14. The quantitative estimate of drug-likeness (QED) is 0.754. The molecular formula is C17H19ClFNO3S2. The summed E-state index contributed by atoms with van der Waals surface area (Å²) >= 11 is 7.52. The monoisotopic (exact) mass is 403 g/mol. The second kappa shape index (κ2) is 7.21. The van der Waals surface area contributed by atoms with E-state index in [1.54, 1.807) is 11.0 Å². The van der Waals surface area contributed by atoms with Crippen molar-refractivity contribution in [2.45, 2.75) is 32.2 Å². The number of thiophene rings is 1. The summed E-state index contributed by atoms with van der Waals surface area (Å²) < 4.78 is 37.7. The van der Waals surface area contributed by atoms with Crippen LogP contribution in [0.5, 0.6) is 0 Å². The van der Waals surface area contributed by atoms with Crippen LogP contribution in [0.4, 0.5) is 4.39 Å². The molecule has 1 aromatic heterocycles. The van der Waals surface area contributed by atoms with Crippen molar-refractivity contribution in [2.24, 2.45) is 0 Å². The molecular weight excluding hydrogens is 385 g/mol. The Morgan fingerprint density at radius 3 is 2.84 bits per heavy atom. The van der Waals surface area contributed by atoms with Crippen LogP contribution >= 0.6 is 22.9 Å². The molecule has 2 aromatic rings. The van der Waals surface area contributed by atoms with E-state index in [9.17, 15) is 17.6 Å². The number of hydrogen-bond donors (Lipinski definition) is 0. The summed E-state index contributed by atoms with van der Waals surface area (Å²) in [4.78, 5) is 15.1. The van der Waals surface area contributed by atoms with Crippen molar-refractivity contribution in [1.29, 1.82) is 0 Å². The fourth-order valence-electron chi connectivity index (χ4n) is 3.11. The van der Waals surface area contributed by atoms with Crippen LogP contribution in [-0.2, 0) is 9.84 Å². The number of sulfone groups is 1. The minimum atomic E-state index is -3.09. The fraction of sp³-hybridized carbons (Fsp3) is 0.471. The Labute approximate surface area is 155 Å². The van der Waals surface area contributed by atoms with Gasteiger partial charge in [-0.25, -0.2) is 12.8 Å². The second-order valence-electron chi connectivity index (χ2n) is 6.29. The molecule has 1 aliphatic heterocycles. The standard InChI is InChI=1S/C17H19ClFNO3S2/c1-2-3-7-20(12-6-8-25(22,23)10-12)17(21)16-15(18)13-5-4-11(19)9-14(13)24-16/h4-5,9,12H,2-3,6-8,10H2,1H3. The molecule has 0 aliphatic carbocycles. The highest BCUT2D eigenvalue weighted by Gasteiger charge is 2.36. The first-order valence-electron chi connectivity index (χ1n) is 8.21. The Morgan fingerprint density at radius 1 is 1.44 bits per heavy atom. The predicted octanol–water partition coefficient (Wildman–Crippen LogP) is 4.12. The third-order valence-electron chi connectivity index (χ3n) is 4.45. The summed E-state index contributed by atoms with van der Waals surface area (Å²) in [7, 11) is -3.09. The van der Waals surface area contributed by atoms with Gasteiger partial charge in [0.2, 0.25) is 0 Å². The van der Waals surface area contributed by atoms with Crippen LogP contribution in [0, 0.1) is 5.82 Å². The number of rotatable bonds is 5. The summed E-state index contributed by atoms with van der Waals surface area (Å²) in [5.74, 6) is -0.533. The lowest BCUT2D eigenvalue weighted by Crippen LogP contribution is -2.41. The van der Waals surface area contributed by atoms with Crippen LogP contribution in [0.2, 0.25) is 5.02 Å². The van der Waals surface area contributed by atoms with E-state index < -0.39 is 9.84 Å². The van der Waals surface area contributed by atoms with Crippen LogP contribution in [-0.4, -0.2) is 43.3 Å². The van der Waals surface area contributed by atoms with E-state index in [1.165, 1.54) is 12.1 Å². The zero-order valence-corrected chi connectivity index (χ0v) is 16.2. The van der Waals surface area contributed by atoms with Gasteiger partial charge < -0.3 is 4.90 Å². The number of carbonyl (C=O) groups is 1. The minimum absolute atomic E-state index is 0.000400. The number of amides is 1. The van der Waals surface area contributed by atoms with Crippen LogP contribution < -0.4 is 0 Å². The summed E-state index contributed by atoms with van der Waals surface area (Å²) in [5, 5.41) is 0.957. The highest BCUT2D eigenvalue weighted by Crippen LogP contribution is 2.37. The fourth-order valence-corrected chi connectivity index (χ4v) is 6.33. The predicted molar refractivity (Wildman–Crippen MR) is 99.8 cm³/mol. The van der Waals surface area contributed by atoms with Gasteiger partial charge in [-0.1, -0.05) is 24.9 Å². The smallest absolute Gasteiger partial charge is 0.265 e. The molecule has 2 heterocycles. The van der Waals surface area contributed by atoms with Crippen molar-refractivity contribution < 1.29 is 17.6 Å². The van der Waals surface area contributed by atoms with Gasteiger partial charge in [0, 0.05) is 22.7 Å². The first-order chi connectivity index (χ1) is 11.8. The molecule has 1 aliphatic rings. The van der Waals surface area contributed by atoms with Crippen molar-refractivity contribution in [3.05, 3.63) is 33.9 Å². The molecule has 8 heteroatoms. The van der Waals surface area contributed by atoms with E-state index in [0.29, 0.717) is 33.0 Å². The Morgan fingerprint density at radius 2 is 2.20 bits per heavy atom. The van der Waals surface area contributed by atoms with Crippen molar-refractivity contribution in [3.8, 4) is 0 Å². The van der Waals surface area contributed by atoms with Gasteiger partial charge in [-0.3, -0.25) is 4.79 Å². The van der Waals surface area contributed by atoms with Crippen molar-refractivity contribution in [3.63, 3.8) is 0 Å². The molecule has 1 atom stereocenters. The molecule has 1 amide bonds. The Kier molecular flexibility index (Phi) is 5.37. The molecule has 1 fully saturated rings. The Hall–Kier alpha value is -1.18. The normalized spacial score (nSPS) is 19.4. The van der Waals surface area contributed by atoms with Gasteiger partial charge in [-0.05, 0) is 31.0 Å². The highest BCUT2D eigenvalue weighted by molar-refractivity contribution is 7.91. The Balaban J connectivity index is 1.96. The van der Waals surface area contributed by atoms with Crippen LogP contribution in [0.3, 0.4) is 0 Å². The number of halogens is 2. The van der Waals surface area contributed by atoms with E-state index >= 15 is 0 Å². The summed E-state index contributed by atoms with van der Waals surface area (Å²) in [6.45, 7) is 2.51. The summed E-state index contributed by atoms with van der Waals surface area (Å²) in [5.41, 5.74) is 0. The van der Waals surface area contributed by atoms with Gasteiger partial charge >= 0.3 is 0 Å². The van der Waals surface area contributed by atoms with Crippen LogP contribution in [0.15, 0.2) is 18.2 Å². The lowest BCUT2D eigenvalue weighted by atomic mass is 10.1. The van der Waals surface area contributed by atoms with E-state index in [1.807, 2.05) is 6.92 Å². The largest absolute Gasteiger partial charge is 0.334 e. The molecule has 1 aromatic carbocycles. The highest BCUT2D eigenvalue weighted by atomic mass is 35.5. The molecule has 4 nitrogen and oxygen atoms in total. The maximum Gasteiger partial charge on any atom is 0.265 e. The lowest BCUT2D eigenvalue weighted by molar-refractivity contribution is 0.0699. The second-order valence-corrected chi connectivity index (χ2v) is 9.95. The van der Waals surface area contributed by atoms with Crippen LogP contribution in [0.25, 0.3) is 10.1 Å². The van der Waals surface area contributed by atoms with Gasteiger partial charge in [-0.2, -0.15) is 0 Å². The number of fused-ring (bicyclic) bond motifs is 1. The summed E-state index contributed by atoms with van der Waals surface area (Å²) in [6, 6.07) is 3.92. The van der Waals surface area contributed by atoms with Crippen molar-refractivity contribution in [1.82, 2.24) is 4.90 Å². The lowest BCUT2D eigenvalue weighted by Gasteiger charge is -2.28. The van der Waals surface area contributed by atoms with Gasteiger partial charge in [0.25, 0.3) is 5.91 Å².